The number of rotatable bonds is 4. The number of carbonyl (C=O) groups is 1. The van der Waals surface area contributed by atoms with Crippen LogP contribution in [0.15, 0.2) is 12.3 Å². The minimum Gasteiger partial charge on any atom is -0.495 e. The lowest BCUT2D eigenvalue weighted by Crippen LogP contribution is -2.60. The zero-order chi connectivity index (χ0) is 17.1. The van der Waals surface area contributed by atoms with Crippen molar-refractivity contribution >= 4 is 5.97 Å². The molecule has 0 amide bonds. The van der Waals surface area contributed by atoms with Gasteiger partial charge in [-0.2, -0.15) is 0 Å². The SMILES string of the molecule is CC(=O)O[C@H]1[C@H](C)OC=C[C@@H]1O[C@@H]1O[C@H](CO)[C@H](O)[C@@H](O)[C@@H]1O. The van der Waals surface area contributed by atoms with Gasteiger partial charge in [0, 0.05) is 6.92 Å². The fraction of sp³-hybridized carbons (Fsp3) is 0.786. The summed E-state index contributed by atoms with van der Waals surface area (Å²) in [6, 6.07) is 0. The number of hydrogen-bond donors (Lipinski definition) is 4. The van der Waals surface area contributed by atoms with Gasteiger partial charge in [0.2, 0.25) is 0 Å². The molecule has 132 valence electrons. The van der Waals surface area contributed by atoms with Crippen molar-refractivity contribution in [3.05, 3.63) is 12.3 Å². The fourth-order valence-corrected chi connectivity index (χ4v) is 2.51. The molecule has 9 heteroatoms. The van der Waals surface area contributed by atoms with E-state index < -0.39 is 61.6 Å². The lowest BCUT2D eigenvalue weighted by molar-refractivity contribution is -0.315. The van der Waals surface area contributed by atoms with Gasteiger partial charge in [0.05, 0.1) is 12.9 Å². The Labute approximate surface area is 133 Å². The molecule has 1 saturated heterocycles. The van der Waals surface area contributed by atoms with Crippen LogP contribution in [0.4, 0.5) is 0 Å². The van der Waals surface area contributed by atoms with E-state index in [4.69, 9.17) is 24.1 Å². The van der Waals surface area contributed by atoms with E-state index in [-0.39, 0.29) is 0 Å². The summed E-state index contributed by atoms with van der Waals surface area (Å²) in [5, 5.41) is 38.6. The monoisotopic (exact) mass is 334 g/mol. The van der Waals surface area contributed by atoms with E-state index in [1.54, 1.807) is 6.92 Å². The summed E-state index contributed by atoms with van der Waals surface area (Å²) in [5.41, 5.74) is 0. The minimum absolute atomic E-state index is 0.487. The molecule has 2 heterocycles. The predicted molar refractivity (Wildman–Crippen MR) is 73.9 cm³/mol. The Kier molecular flexibility index (Phi) is 5.95. The van der Waals surface area contributed by atoms with Crippen molar-refractivity contribution in [1.29, 1.82) is 0 Å². The highest BCUT2D eigenvalue weighted by molar-refractivity contribution is 5.66. The normalized spacial score (nSPS) is 43.7. The van der Waals surface area contributed by atoms with Gasteiger partial charge >= 0.3 is 5.97 Å². The molecule has 9 nitrogen and oxygen atoms in total. The van der Waals surface area contributed by atoms with Crippen LogP contribution in [0.25, 0.3) is 0 Å². The van der Waals surface area contributed by atoms with Crippen LogP contribution in [0.3, 0.4) is 0 Å². The molecular formula is C14H22O9. The third-order valence-electron chi connectivity index (χ3n) is 3.79. The van der Waals surface area contributed by atoms with Crippen LogP contribution < -0.4 is 0 Å². The summed E-state index contributed by atoms with van der Waals surface area (Å²) in [6.07, 6.45) is -6.13. The van der Waals surface area contributed by atoms with Crippen LogP contribution >= 0.6 is 0 Å². The molecule has 0 aromatic heterocycles. The molecule has 0 unspecified atom stereocenters. The van der Waals surface area contributed by atoms with Gasteiger partial charge in [-0.3, -0.25) is 4.79 Å². The maximum absolute atomic E-state index is 11.2. The highest BCUT2D eigenvalue weighted by Crippen LogP contribution is 2.26. The van der Waals surface area contributed by atoms with Crippen LogP contribution in [-0.4, -0.2) is 82.0 Å². The molecular weight excluding hydrogens is 312 g/mol. The van der Waals surface area contributed by atoms with Crippen molar-refractivity contribution in [2.24, 2.45) is 0 Å². The average molecular weight is 334 g/mol. The molecule has 23 heavy (non-hydrogen) atoms. The molecule has 2 aliphatic heterocycles. The summed E-state index contributed by atoms with van der Waals surface area (Å²) in [6.45, 7) is 2.37. The Balaban J connectivity index is 2.10. The van der Waals surface area contributed by atoms with Gasteiger partial charge in [-0.1, -0.05) is 0 Å². The van der Waals surface area contributed by atoms with Crippen molar-refractivity contribution in [1.82, 2.24) is 0 Å². The second kappa shape index (κ2) is 7.56. The molecule has 0 radical (unpaired) electrons. The number of aliphatic hydroxyl groups is 4. The van der Waals surface area contributed by atoms with Gasteiger partial charge in [0.1, 0.15) is 36.6 Å². The maximum atomic E-state index is 11.2. The highest BCUT2D eigenvalue weighted by atomic mass is 16.7. The summed E-state index contributed by atoms with van der Waals surface area (Å²) < 4.78 is 21.3. The summed E-state index contributed by atoms with van der Waals surface area (Å²) in [7, 11) is 0. The molecule has 0 aliphatic carbocycles. The second-order valence-electron chi connectivity index (χ2n) is 5.54. The zero-order valence-electron chi connectivity index (χ0n) is 12.8. The first kappa shape index (κ1) is 18.1. The first-order chi connectivity index (χ1) is 10.8. The number of ether oxygens (including phenoxy) is 4. The molecule has 0 saturated carbocycles. The van der Waals surface area contributed by atoms with Crippen LogP contribution in [0.2, 0.25) is 0 Å². The van der Waals surface area contributed by atoms with Crippen LogP contribution in [0.1, 0.15) is 13.8 Å². The van der Waals surface area contributed by atoms with Gasteiger partial charge in [-0.05, 0) is 13.0 Å². The van der Waals surface area contributed by atoms with Crippen molar-refractivity contribution in [2.75, 3.05) is 6.61 Å². The van der Waals surface area contributed by atoms with Gasteiger partial charge in [0.25, 0.3) is 0 Å². The molecule has 8 atom stereocenters. The van der Waals surface area contributed by atoms with Gasteiger partial charge in [-0.25, -0.2) is 0 Å². The standard InChI is InChI=1S/C14H22O9/c1-6-13(21-7(2)16)8(3-4-20-6)22-14-12(19)11(18)10(17)9(5-15)23-14/h3-4,6,8-15,17-19H,5H2,1-2H3/t6-,8-,9+,10-,11+,12-,13-,14+/m0/s1. The zero-order valence-corrected chi connectivity index (χ0v) is 12.8. The predicted octanol–water partition coefficient (Wildman–Crippen LogP) is -1.96. The van der Waals surface area contributed by atoms with E-state index >= 15 is 0 Å². The van der Waals surface area contributed by atoms with Crippen LogP contribution in [0, 0.1) is 0 Å². The van der Waals surface area contributed by atoms with E-state index in [9.17, 15) is 20.1 Å². The van der Waals surface area contributed by atoms with E-state index in [1.165, 1.54) is 19.3 Å². The van der Waals surface area contributed by atoms with Gasteiger partial charge < -0.3 is 39.4 Å². The third-order valence-corrected chi connectivity index (χ3v) is 3.79. The third kappa shape index (κ3) is 4.00. The van der Waals surface area contributed by atoms with Gasteiger partial charge in [0.15, 0.2) is 12.4 Å². The Morgan fingerprint density at radius 1 is 1.22 bits per heavy atom. The van der Waals surface area contributed by atoms with E-state index in [1.807, 2.05) is 0 Å². The number of aliphatic hydroxyl groups excluding tert-OH is 4. The van der Waals surface area contributed by atoms with Crippen LogP contribution in [0.5, 0.6) is 0 Å². The molecule has 0 aromatic carbocycles. The topological polar surface area (TPSA) is 135 Å². The van der Waals surface area contributed by atoms with Crippen LogP contribution in [-0.2, 0) is 23.7 Å². The number of hydrogen-bond acceptors (Lipinski definition) is 9. The first-order valence-corrected chi connectivity index (χ1v) is 7.30. The Morgan fingerprint density at radius 2 is 1.91 bits per heavy atom. The lowest BCUT2D eigenvalue weighted by atomic mass is 9.99. The minimum atomic E-state index is -1.54. The quantitative estimate of drug-likeness (QED) is 0.432. The number of esters is 1. The summed E-state index contributed by atoms with van der Waals surface area (Å²) >= 11 is 0. The molecule has 0 spiro atoms. The molecule has 4 N–H and O–H groups in total. The van der Waals surface area contributed by atoms with Crippen molar-refractivity contribution in [2.45, 2.75) is 62.9 Å². The Hall–Kier alpha value is -1.23. The first-order valence-electron chi connectivity index (χ1n) is 7.30. The highest BCUT2D eigenvalue weighted by Gasteiger charge is 2.46. The molecule has 1 fully saturated rings. The lowest BCUT2D eigenvalue weighted by Gasteiger charge is -2.42. The Morgan fingerprint density at radius 3 is 2.52 bits per heavy atom. The maximum Gasteiger partial charge on any atom is 0.303 e. The number of carbonyl (C=O) groups excluding carboxylic acids is 1. The average Bonchev–Trinajstić information content (AvgIpc) is 2.50. The van der Waals surface area contributed by atoms with Crippen molar-refractivity contribution in [3.63, 3.8) is 0 Å². The van der Waals surface area contributed by atoms with Crippen molar-refractivity contribution in [3.8, 4) is 0 Å². The van der Waals surface area contributed by atoms with Crippen molar-refractivity contribution < 1.29 is 44.2 Å². The largest absolute Gasteiger partial charge is 0.495 e. The summed E-state index contributed by atoms with van der Waals surface area (Å²) in [5.74, 6) is -0.525. The Bertz CT molecular complexity index is 438. The molecule has 2 aliphatic rings. The molecule has 0 aromatic rings. The summed E-state index contributed by atoms with van der Waals surface area (Å²) in [4.78, 5) is 11.2. The van der Waals surface area contributed by atoms with E-state index in [0.717, 1.165) is 0 Å². The smallest absolute Gasteiger partial charge is 0.303 e. The second-order valence-corrected chi connectivity index (χ2v) is 5.54. The molecule has 2 rings (SSSR count). The molecule has 0 bridgehead atoms. The van der Waals surface area contributed by atoms with E-state index in [2.05, 4.69) is 0 Å². The fourth-order valence-electron chi connectivity index (χ4n) is 2.51. The van der Waals surface area contributed by atoms with Gasteiger partial charge in [-0.15, -0.1) is 0 Å². The van der Waals surface area contributed by atoms with E-state index in [0.29, 0.717) is 0 Å².